The van der Waals surface area contributed by atoms with Crippen molar-refractivity contribution in [2.24, 2.45) is 0 Å². The fraction of sp³-hybridized carbons (Fsp3) is 0.286. The topological polar surface area (TPSA) is 66.0 Å². The zero-order valence-corrected chi connectivity index (χ0v) is 20.1. The van der Waals surface area contributed by atoms with E-state index >= 15 is 0 Å². The summed E-state index contributed by atoms with van der Waals surface area (Å²) < 4.78 is 56.6. The van der Waals surface area contributed by atoms with Gasteiger partial charge >= 0.3 is 6.18 Å². The number of hydrogen-bond acceptors (Lipinski definition) is 3. The molecule has 1 unspecified atom stereocenters. The number of rotatable bonds is 7. The molecular formula is C28H26F4N2O2. The second-order valence-corrected chi connectivity index (χ2v) is 9.87. The number of nitrogens with one attached hydrogen (secondary N) is 1. The van der Waals surface area contributed by atoms with Gasteiger partial charge in [0.1, 0.15) is 11.5 Å². The fourth-order valence-electron chi connectivity index (χ4n) is 4.78. The molecule has 8 heteroatoms. The molecule has 0 aliphatic heterocycles. The van der Waals surface area contributed by atoms with E-state index in [2.05, 4.69) is 9.97 Å². The van der Waals surface area contributed by atoms with Gasteiger partial charge in [0.25, 0.3) is 0 Å². The summed E-state index contributed by atoms with van der Waals surface area (Å²) in [5.74, 6) is -0.859. The van der Waals surface area contributed by atoms with E-state index in [0.29, 0.717) is 27.6 Å². The first-order chi connectivity index (χ1) is 16.8. The number of fused-ring (bicyclic) bond motifs is 1. The van der Waals surface area contributed by atoms with Crippen LogP contribution < -0.4 is 0 Å². The summed E-state index contributed by atoms with van der Waals surface area (Å²) in [7, 11) is 0. The van der Waals surface area contributed by atoms with E-state index < -0.39 is 35.9 Å². The maximum Gasteiger partial charge on any atom is 0.417 e. The molecule has 4 rings (SSSR count). The van der Waals surface area contributed by atoms with Crippen LogP contribution in [-0.4, -0.2) is 32.6 Å². The maximum atomic E-state index is 14.2. The van der Waals surface area contributed by atoms with Crippen molar-refractivity contribution in [2.45, 2.75) is 50.8 Å². The second kappa shape index (κ2) is 9.17. The van der Waals surface area contributed by atoms with E-state index in [1.807, 2.05) is 0 Å². The van der Waals surface area contributed by atoms with Gasteiger partial charge in [-0.25, -0.2) is 4.39 Å². The van der Waals surface area contributed by atoms with Crippen molar-refractivity contribution in [1.82, 2.24) is 9.97 Å². The number of carbonyl (C=O) groups excluding carboxylic acids is 1. The Morgan fingerprint density at radius 3 is 2.39 bits per heavy atom. The molecule has 36 heavy (non-hydrogen) atoms. The van der Waals surface area contributed by atoms with Crippen LogP contribution in [0.4, 0.5) is 17.6 Å². The van der Waals surface area contributed by atoms with Gasteiger partial charge in [-0.3, -0.25) is 9.78 Å². The van der Waals surface area contributed by atoms with Crippen LogP contribution in [0.3, 0.4) is 0 Å². The first kappa shape index (κ1) is 25.6. The van der Waals surface area contributed by atoms with E-state index in [0.717, 1.165) is 0 Å². The summed E-state index contributed by atoms with van der Waals surface area (Å²) in [5, 5.41) is 11.5. The number of aromatic amines is 1. The molecule has 2 aromatic heterocycles. The van der Waals surface area contributed by atoms with Crippen LogP contribution in [0, 0.1) is 12.7 Å². The Labute approximate surface area is 206 Å². The van der Waals surface area contributed by atoms with Crippen molar-refractivity contribution < 1.29 is 27.5 Å². The average molecular weight is 499 g/mol. The van der Waals surface area contributed by atoms with Crippen molar-refractivity contribution in [3.63, 3.8) is 0 Å². The molecular weight excluding hydrogens is 472 g/mol. The third kappa shape index (κ3) is 5.04. The van der Waals surface area contributed by atoms with Crippen molar-refractivity contribution in [1.29, 1.82) is 0 Å². The minimum atomic E-state index is -4.95. The predicted molar refractivity (Wildman–Crippen MR) is 129 cm³/mol. The highest BCUT2D eigenvalue weighted by molar-refractivity contribution is 6.09. The van der Waals surface area contributed by atoms with Crippen molar-refractivity contribution in [3.8, 4) is 0 Å². The van der Waals surface area contributed by atoms with Crippen LogP contribution in [-0.2, 0) is 11.8 Å². The lowest BCUT2D eigenvalue weighted by Crippen LogP contribution is -2.51. The Kier molecular flexibility index (Phi) is 6.51. The van der Waals surface area contributed by atoms with Gasteiger partial charge in [-0.1, -0.05) is 50.2 Å². The predicted octanol–water partition coefficient (Wildman–Crippen LogP) is 6.45. The number of aromatic nitrogens is 2. The van der Waals surface area contributed by atoms with Gasteiger partial charge in [-0.05, 0) is 54.2 Å². The Hall–Kier alpha value is -3.52. The van der Waals surface area contributed by atoms with Crippen LogP contribution in [0.1, 0.15) is 53.1 Å². The smallest absolute Gasteiger partial charge is 0.380 e. The number of pyridine rings is 1. The largest absolute Gasteiger partial charge is 0.417 e. The summed E-state index contributed by atoms with van der Waals surface area (Å²) >= 11 is 0. The number of ketones is 1. The quantitative estimate of drug-likeness (QED) is 0.228. The molecule has 0 aliphatic rings. The summed E-state index contributed by atoms with van der Waals surface area (Å²) in [4.78, 5) is 19.8. The molecule has 2 heterocycles. The molecule has 0 bridgehead atoms. The number of halogens is 4. The minimum absolute atomic E-state index is 0.141. The highest BCUT2D eigenvalue weighted by Crippen LogP contribution is 2.44. The van der Waals surface area contributed by atoms with E-state index in [4.69, 9.17) is 0 Å². The Balaban J connectivity index is 1.65. The molecule has 0 aliphatic carbocycles. The standard InChI is InChI=1S/C28H26F4N2O2/c1-17-9-10-20(29)13-22(17)26(2,3)16-27(36,28(30,31)32)14-21-11-19-12-23(33-15-24(19)34-21)25(35)18-7-5-4-6-8-18/h4-13,15,34,36H,14,16H2,1-3H3. The third-order valence-corrected chi connectivity index (χ3v) is 6.50. The minimum Gasteiger partial charge on any atom is -0.380 e. The van der Waals surface area contributed by atoms with E-state index in [9.17, 15) is 27.5 Å². The lowest BCUT2D eigenvalue weighted by molar-refractivity contribution is -0.266. The SMILES string of the molecule is Cc1ccc(F)cc1C(C)(C)CC(O)(Cc1cc2cc(C(=O)c3ccccc3)ncc2[nH]1)C(F)(F)F. The summed E-state index contributed by atoms with van der Waals surface area (Å²) in [6.07, 6.45) is -4.98. The molecule has 2 aromatic carbocycles. The Bertz CT molecular complexity index is 1410. The summed E-state index contributed by atoms with van der Waals surface area (Å²) in [6.45, 7) is 4.81. The van der Waals surface area contributed by atoms with E-state index in [1.165, 1.54) is 36.5 Å². The molecule has 0 amide bonds. The first-order valence-corrected chi connectivity index (χ1v) is 11.4. The van der Waals surface area contributed by atoms with Gasteiger partial charge in [0, 0.05) is 23.1 Å². The molecule has 4 nitrogen and oxygen atoms in total. The number of H-pyrrole nitrogens is 1. The molecule has 1 atom stereocenters. The average Bonchev–Trinajstić information content (AvgIpc) is 3.20. The molecule has 0 radical (unpaired) electrons. The van der Waals surface area contributed by atoms with E-state index in [-0.39, 0.29) is 17.2 Å². The molecule has 0 spiro atoms. The molecule has 0 saturated heterocycles. The molecule has 2 N–H and O–H groups in total. The van der Waals surface area contributed by atoms with Crippen LogP contribution in [0.25, 0.3) is 10.9 Å². The van der Waals surface area contributed by atoms with Crippen LogP contribution in [0.5, 0.6) is 0 Å². The number of carbonyl (C=O) groups is 1. The zero-order valence-electron chi connectivity index (χ0n) is 20.1. The maximum absolute atomic E-state index is 14.2. The van der Waals surface area contributed by atoms with Crippen molar-refractivity contribution in [3.05, 3.63) is 101 Å². The van der Waals surface area contributed by atoms with Crippen LogP contribution in [0.15, 0.2) is 66.9 Å². The number of alkyl halides is 3. The van der Waals surface area contributed by atoms with Crippen LogP contribution in [0.2, 0.25) is 0 Å². The highest BCUT2D eigenvalue weighted by Gasteiger charge is 2.56. The van der Waals surface area contributed by atoms with Gasteiger partial charge in [0.15, 0.2) is 5.60 Å². The van der Waals surface area contributed by atoms with Crippen molar-refractivity contribution >= 4 is 16.7 Å². The number of nitrogens with zero attached hydrogens (tertiary/aromatic N) is 1. The van der Waals surface area contributed by atoms with E-state index in [1.54, 1.807) is 51.1 Å². The Morgan fingerprint density at radius 2 is 1.72 bits per heavy atom. The Morgan fingerprint density at radius 1 is 1.03 bits per heavy atom. The normalized spacial score (nSPS) is 14.1. The zero-order chi connectivity index (χ0) is 26.3. The number of aryl methyl sites for hydroxylation is 1. The molecule has 4 aromatic rings. The fourth-order valence-corrected chi connectivity index (χ4v) is 4.78. The molecule has 0 saturated carbocycles. The number of aliphatic hydroxyl groups is 1. The third-order valence-electron chi connectivity index (χ3n) is 6.50. The van der Waals surface area contributed by atoms with Crippen LogP contribution >= 0.6 is 0 Å². The molecule has 0 fully saturated rings. The van der Waals surface area contributed by atoms with Gasteiger partial charge < -0.3 is 10.1 Å². The lowest BCUT2D eigenvalue weighted by atomic mass is 9.72. The van der Waals surface area contributed by atoms with Gasteiger partial charge in [0.05, 0.1) is 11.7 Å². The van der Waals surface area contributed by atoms with Gasteiger partial charge in [-0.15, -0.1) is 0 Å². The van der Waals surface area contributed by atoms with Gasteiger partial charge in [0.2, 0.25) is 5.78 Å². The summed E-state index contributed by atoms with van der Waals surface area (Å²) in [5.41, 5.74) is -2.05. The van der Waals surface area contributed by atoms with Gasteiger partial charge in [-0.2, -0.15) is 13.2 Å². The number of hydrogen-bond donors (Lipinski definition) is 2. The monoisotopic (exact) mass is 498 g/mol. The molecule has 188 valence electrons. The summed E-state index contributed by atoms with van der Waals surface area (Å²) in [6, 6.07) is 15.5. The first-order valence-electron chi connectivity index (χ1n) is 11.4. The van der Waals surface area contributed by atoms with Crippen molar-refractivity contribution in [2.75, 3.05) is 0 Å². The lowest BCUT2D eigenvalue weighted by Gasteiger charge is -2.38. The number of benzene rings is 2. The second-order valence-electron chi connectivity index (χ2n) is 9.87. The highest BCUT2D eigenvalue weighted by atomic mass is 19.4.